The summed E-state index contributed by atoms with van der Waals surface area (Å²) < 4.78 is 31.5. The molecule has 0 saturated heterocycles. The molecule has 0 fully saturated rings. The number of aromatic amines is 1. The predicted molar refractivity (Wildman–Crippen MR) is 118 cm³/mol. The maximum atomic E-state index is 10.8. The van der Waals surface area contributed by atoms with Crippen LogP contribution < -0.4 is 9.46 Å². The molecule has 1 unspecified atom stereocenters. The van der Waals surface area contributed by atoms with Gasteiger partial charge in [-0.2, -0.15) is 5.10 Å². The first-order valence-corrected chi connectivity index (χ1v) is 11.0. The molecule has 4 aromatic rings. The number of benzene rings is 1. The number of rotatable bonds is 8. The van der Waals surface area contributed by atoms with Crippen LogP contribution in [0.4, 0.5) is 5.69 Å². The number of anilines is 1. The minimum Gasteiger partial charge on any atom is -0.494 e. The Labute approximate surface area is 182 Å². The van der Waals surface area contributed by atoms with E-state index in [1.807, 2.05) is 21.5 Å². The Kier molecular flexibility index (Phi) is 5.79. The summed E-state index contributed by atoms with van der Waals surface area (Å²) in [7, 11) is 0. The molecular weight excluding hydrogens is 418 g/mol. The fourth-order valence-corrected chi connectivity index (χ4v) is 3.64. The van der Waals surface area contributed by atoms with Gasteiger partial charge in [-0.25, -0.2) is 13.4 Å². The van der Waals surface area contributed by atoms with Crippen molar-refractivity contribution in [2.24, 2.45) is 0 Å². The van der Waals surface area contributed by atoms with Crippen molar-refractivity contribution in [2.45, 2.75) is 39.0 Å². The normalized spacial score (nSPS) is 12.9. The van der Waals surface area contributed by atoms with Crippen LogP contribution in [0.5, 0.6) is 5.75 Å². The van der Waals surface area contributed by atoms with Crippen LogP contribution in [-0.4, -0.2) is 45.0 Å². The van der Waals surface area contributed by atoms with Crippen LogP contribution >= 0.6 is 0 Å². The lowest BCUT2D eigenvalue weighted by Gasteiger charge is -2.18. The van der Waals surface area contributed by atoms with E-state index in [2.05, 4.69) is 45.9 Å². The number of fused-ring (bicyclic) bond motifs is 1. The van der Waals surface area contributed by atoms with Gasteiger partial charge in [0.2, 0.25) is 5.65 Å². The van der Waals surface area contributed by atoms with Crippen LogP contribution in [0.3, 0.4) is 0 Å². The maximum Gasteiger partial charge on any atom is 0.259 e. The van der Waals surface area contributed by atoms with Gasteiger partial charge in [-0.05, 0) is 36.8 Å². The average Bonchev–Trinajstić information content (AvgIpc) is 3.42. The summed E-state index contributed by atoms with van der Waals surface area (Å²) in [6.45, 7) is 6.94. The van der Waals surface area contributed by atoms with Gasteiger partial charge in [0.15, 0.2) is 5.82 Å². The van der Waals surface area contributed by atoms with Gasteiger partial charge in [0.1, 0.15) is 11.4 Å². The van der Waals surface area contributed by atoms with Gasteiger partial charge in [-0.3, -0.25) is 14.4 Å². The average molecular weight is 444 g/mol. The first-order valence-electron chi connectivity index (χ1n) is 9.90. The van der Waals surface area contributed by atoms with E-state index in [9.17, 15) is 4.21 Å². The zero-order valence-electron chi connectivity index (χ0n) is 17.6. The zero-order chi connectivity index (χ0) is 22.0. The number of aryl methyl sites for hydroxylation is 1. The Morgan fingerprint density at radius 2 is 2.00 bits per heavy atom. The van der Waals surface area contributed by atoms with E-state index in [1.54, 1.807) is 30.5 Å². The Hall–Kier alpha value is -3.18. The van der Waals surface area contributed by atoms with Gasteiger partial charge in [0.25, 0.3) is 11.3 Å². The largest absolute Gasteiger partial charge is 0.494 e. The van der Waals surface area contributed by atoms with Gasteiger partial charge >= 0.3 is 0 Å². The molecule has 0 aliphatic heterocycles. The number of aromatic nitrogens is 6. The lowest BCUT2D eigenvalue weighted by atomic mass is 9.91. The van der Waals surface area contributed by atoms with Crippen molar-refractivity contribution >= 4 is 22.6 Å². The molecule has 11 heteroatoms. The molecular formula is C20H25N7O3S. The van der Waals surface area contributed by atoms with E-state index in [0.29, 0.717) is 24.5 Å². The number of hydrogen-bond donors (Lipinski definition) is 3. The standard InChI is InChI=1S/C20H25N7O3S/c1-20(2,3)18-17(26-12-5-11-21-26)19-23-22-16(27(19)24-18)6-4-13-30-15-9-7-14(8-10-15)25-31(28)29/h5,7-12,24-25H,4,6,13H2,1-3H3,(H,28,29). The molecule has 0 saturated carbocycles. The third kappa shape index (κ3) is 4.62. The van der Waals surface area contributed by atoms with Gasteiger partial charge < -0.3 is 4.74 Å². The molecule has 0 radical (unpaired) electrons. The van der Waals surface area contributed by atoms with Crippen molar-refractivity contribution < 1.29 is 13.5 Å². The topological polar surface area (TPSA) is 122 Å². The highest BCUT2D eigenvalue weighted by Crippen LogP contribution is 2.30. The molecule has 0 bridgehead atoms. The minimum absolute atomic E-state index is 0.119. The summed E-state index contributed by atoms with van der Waals surface area (Å²) >= 11 is -2.09. The highest BCUT2D eigenvalue weighted by Gasteiger charge is 2.27. The maximum absolute atomic E-state index is 10.8. The molecule has 3 heterocycles. The summed E-state index contributed by atoms with van der Waals surface area (Å²) in [5.74, 6) is 1.52. The fourth-order valence-electron chi connectivity index (χ4n) is 3.31. The SMILES string of the molecule is CC(C)(C)c1[nH]n2c(CCCOc3ccc(NS(=O)O)cc3)nnc2c1-n1cccn1. The molecule has 31 heavy (non-hydrogen) atoms. The number of nitrogens with zero attached hydrogens (tertiary/aromatic N) is 5. The summed E-state index contributed by atoms with van der Waals surface area (Å²) in [6, 6.07) is 8.77. The van der Waals surface area contributed by atoms with Crippen molar-refractivity contribution in [2.75, 3.05) is 11.3 Å². The third-order valence-corrected chi connectivity index (χ3v) is 5.17. The minimum atomic E-state index is -2.09. The Morgan fingerprint density at radius 1 is 1.23 bits per heavy atom. The van der Waals surface area contributed by atoms with E-state index >= 15 is 0 Å². The predicted octanol–water partition coefficient (Wildman–Crippen LogP) is 3.10. The third-order valence-electron chi connectivity index (χ3n) is 4.76. The highest BCUT2D eigenvalue weighted by atomic mass is 32.2. The molecule has 0 amide bonds. The number of hydrogen-bond acceptors (Lipinski definition) is 5. The van der Waals surface area contributed by atoms with Crippen LogP contribution in [0.15, 0.2) is 42.7 Å². The summed E-state index contributed by atoms with van der Waals surface area (Å²) in [6.07, 6.45) is 5.09. The number of nitrogens with one attached hydrogen (secondary N) is 2. The quantitative estimate of drug-likeness (QED) is 0.284. The van der Waals surface area contributed by atoms with Crippen molar-refractivity contribution in [3.63, 3.8) is 0 Å². The van der Waals surface area contributed by atoms with Gasteiger partial charge in [0, 0.05) is 29.9 Å². The molecule has 1 aromatic carbocycles. The second-order valence-corrected chi connectivity index (χ2v) is 8.84. The molecule has 164 valence electrons. The molecule has 0 aliphatic rings. The van der Waals surface area contributed by atoms with Crippen LogP contribution in [0.25, 0.3) is 11.3 Å². The highest BCUT2D eigenvalue weighted by molar-refractivity contribution is 7.80. The van der Waals surface area contributed by atoms with Crippen molar-refractivity contribution in [1.82, 2.24) is 29.6 Å². The van der Waals surface area contributed by atoms with Crippen molar-refractivity contribution in [3.8, 4) is 11.4 Å². The lowest BCUT2D eigenvalue weighted by Crippen LogP contribution is -2.16. The Morgan fingerprint density at radius 3 is 2.65 bits per heavy atom. The molecule has 10 nitrogen and oxygen atoms in total. The molecule has 4 rings (SSSR count). The van der Waals surface area contributed by atoms with Crippen LogP contribution in [0.2, 0.25) is 0 Å². The fraction of sp³-hybridized carbons (Fsp3) is 0.350. The lowest BCUT2D eigenvalue weighted by molar-refractivity contribution is 0.309. The second kappa shape index (κ2) is 8.52. The van der Waals surface area contributed by atoms with Gasteiger partial charge in [0.05, 0.1) is 12.3 Å². The van der Waals surface area contributed by atoms with E-state index in [4.69, 9.17) is 9.29 Å². The second-order valence-electron chi connectivity index (χ2n) is 8.14. The van der Waals surface area contributed by atoms with E-state index in [-0.39, 0.29) is 5.41 Å². The summed E-state index contributed by atoms with van der Waals surface area (Å²) in [4.78, 5) is 0. The monoisotopic (exact) mass is 443 g/mol. The summed E-state index contributed by atoms with van der Waals surface area (Å²) in [5, 5.41) is 16.6. The Balaban J connectivity index is 1.44. The van der Waals surface area contributed by atoms with Gasteiger partial charge in [-0.15, -0.1) is 10.2 Å². The van der Waals surface area contributed by atoms with Crippen molar-refractivity contribution in [3.05, 3.63) is 54.2 Å². The smallest absolute Gasteiger partial charge is 0.259 e. The Bertz CT molecular complexity index is 1170. The molecule has 0 aliphatic carbocycles. The van der Waals surface area contributed by atoms with E-state index in [0.717, 1.165) is 29.3 Å². The van der Waals surface area contributed by atoms with E-state index in [1.165, 1.54) is 0 Å². The number of ether oxygens (including phenoxy) is 1. The summed E-state index contributed by atoms with van der Waals surface area (Å²) in [5.41, 5.74) is 3.12. The van der Waals surface area contributed by atoms with E-state index < -0.39 is 11.3 Å². The number of H-pyrrole nitrogens is 1. The molecule has 1 atom stereocenters. The van der Waals surface area contributed by atoms with Crippen LogP contribution in [-0.2, 0) is 23.1 Å². The van der Waals surface area contributed by atoms with Gasteiger partial charge in [-0.1, -0.05) is 20.8 Å². The molecule has 3 aromatic heterocycles. The van der Waals surface area contributed by atoms with Crippen LogP contribution in [0, 0.1) is 0 Å². The van der Waals surface area contributed by atoms with Crippen molar-refractivity contribution in [1.29, 1.82) is 0 Å². The first-order chi connectivity index (χ1) is 14.8. The van der Waals surface area contributed by atoms with Crippen LogP contribution in [0.1, 0.15) is 38.7 Å². The molecule has 3 N–H and O–H groups in total. The first kappa shape index (κ1) is 21.1. The zero-order valence-corrected chi connectivity index (χ0v) is 18.4. The molecule has 0 spiro atoms.